The van der Waals surface area contributed by atoms with Gasteiger partial charge in [-0.05, 0) is 29.8 Å². The average Bonchev–Trinajstić information content (AvgIpc) is 2.46. The van der Waals surface area contributed by atoms with E-state index in [-0.39, 0.29) is 11.4 Å². The molecule has 98 valence electrons. The van der Waals surface area contributed by atoms with Crippen molar-refractivity contribution in [2.24, 2.45) is 0 Å². The smallest absolute Gasteiger partial charge is 0.269 e. The van der Waals surface area contributed by atoms with Crippen molar-refractivity contribution in [3.8, 4) is 11.8 Å². The summed E-state index contributed by atoms with van der Waals surface area (Å²) >= 11 is 0. The Labute approximate surface area is 115 Å². The second kappa shape index (κ2) is 5.67. The lowest BCUT2D eigenvalue weighted by Crippen LogP contribution is -1.88. The van der Waals surface area contributed by atoms with Crippen molar-refractivity contribution in [2.75, 3.05) is 0 Å². The summed E-state index contributed by atoms with van der Waals surface area (Å²) in [5.41, 5.74) is 1.36. The van der Waals surface area contributed by atoms with Gasteiger partial charge in [0, 0.05) is 17.7 Å². The first kappa shape index (κ1) is 13.3. The Bertz CT molecular complexity index is 713. The molecule has 0 heterocycles. The summed E-state index contributed by atoms with van der Waals surface area (Å²) in [7, 11) is 0. The lowest BCUT2D eigenvalue weighted by molar-refractivity contribution is -0.384. The number of non-ortho nitro benzene ring substituents is 1. The normalized spacial score (nSPS) is 10.8. The number of nitrogens with zero attached hydrogens (tertiary/aromatic N) is 2. The van der Waals surface area contributed by atoms with Gasteiger partial charge in [0.05, 0.1) is 16.6 Å². The van der Waals surface area contributed by atoms with Crippen LogP contribution in [0.1, 0.15) is 11.1 Å². The topological polar surface area (TPSA) is 87.2 Å². The Balaban J connectivity index is 2.41. The number of allylic oxidation sites excluding steroid dienone is 1. The molecule has 0 aliphatic heterocycles. The maximum Gasteiger partial charge on any atom is 0.269 e. The van der Waals surface area contributed by atoms with Crippen LogP contribution in [0.5, 0.6) is 5.75 Å². The quantitative estimate of drug-likeness (QED) is 0.399. The van der Waals surface area contributed by atoms with Gasteiger partial charge in [0.15, 0.2) is 0 Å². The summed E-state index contributed by atoms with van der Waals surface area (Å²) in [6, 6.07) is 14.3. The fourth-order valence-electron chi connectivity index (χ4n) is 1.71. The number of nitro groups is 1. The van der Waals surface area contributed by atoms with Crippen LogP contribution in [-0.2, 0) is 0 Å². The summed E-state index contributed by atoms with van der Waals surface area (Å²) in [6.07, 6.45) is 1.54. The summed E-state index contributed by atoms with van der Waals surface area (Å²) in [6.45, 7) is 0. The molecule has 0 aliphatic carbocycles. The van der Waals surface area contributed by atoms with E-state index in [0.29, 0.717) is 16.7 Å². The van der Waals surface area contributed by atoms with E-state index in [9.17, 15) is 20.5 Å². The lowest BCUT2D eigenvalue weighted by Gasteiger charge is -2.01. The van der Waals surface area contributed by atoms with E-state index in [4.69, 9.17) is 0 Å². The van der Waals surface area contributed by atoms with Crippen molar-refractivity contribution in [3.05, 3.63) is 69.8 Å². The molecule has 0 spiro atoms. The lowest BCUT2D eigenvalue weighted by atomic mass is 10.0. The van der Waals surface area contributed by atoms with Crippen LogP contribution in [-0.4, -0.2) is 10.0 Å². The van der Waals surface area contributed by atoms with E-state index in [1.165, 1.54) is 36.4 Å². The third-order valence-electron chi connectivity index (χ3n) is 2.75. The standard InChI is InChI=1S/C15H10N2O3/c16-10-13(9-12-3-1-2-4-15(12)18)11-5-7-14(8-6-11)17(19)20/h1-9,18H. The maximum atomic E-state index is 10.6. The molecule has 20 heavy (non-hydrogen) atoms. The Hall–Kier alpha value is -3.13. The number of nitriles is 1. The summed E-state index contributed by atoms with van der Waals surface area (Å²) in [5.74, 6) is 0.0714. The minimum Gasteiger partial charge on any atom is -0.507 e. The molecule has 0 saturated carbocycles. The Kier molecular flexibility index (Phi) is 3.77. The highest BCUT2D eigenvalue weighted by Crippen LogP contribution is 2.24. The van der Waals surface area contributed by atoms with Gasteiger partial charge in [-0.1, -0.05) is 18.2 Å². The van der Waals surface area contributed by atoms with Gasteiger partial charge < -0.3 is 5.11 Å². The van der Waals surface area contributed by atoms with Crippen molar-refractivity contribution < 1.29 is 10.0 Å². The van der Waals surface area contributed by atoms with Gasteiger partial charge >= 0.3 is 0 Å². The number of rotatable bonds is 3. The predicted molar refractivity (Wildman–Crippen MR) is 74.7 cm³/mol. The van der Waals surface area contributed by atoms with E-state index in [0.717, 1.165) is 0 Å². The van der Waals surface area contributed by atoms with E-state index in [1.54, 1.807) is 18.2 Å². The van der Waals surface area contributed by atoms with Crippen LogP contribution in [0.2, 0.25) is 0 Å². The first-order valence-electron chi connectivity index (χ1n) is 5.76. The van der Waals surface area contributed by atoms with Crippen LogP contribution in [0.3, 0.4) is 0 Å². The zero-order valence-electron chi connectivity index (χ0n) is 10.4. The zero-order chi connectivity index (χ0) is 14.5. The van der Waals surface area contributed by atoms with E-state index in [1.807, 2.05) is 6.07 Å². The van der Waals surface area contributed by atoms with Gasteiger partial charge in [-0.3, -0.25) is 10.1 Å². The van der Waals surface area contributed by atoms with Gasteiger partial charge in [-0.2, -0.15) is 5.26 Å². The summed E-state index contributed by atoms with van der Waals surface area (Å²) in [5, 5.41) is 29.4. The molecule has 2 aromatic carbocycles. The van der Waals surface area contributed by atoms with Crippen LogP contribution in [0.4, 0.5) is 5.69 Å². The molecule has 2 rings (SSSR count). The predicted octanol–water partition coefficient (Wildman–Crippen LogP) is 3.36. The number of phenolic OH excluding ortho intramolecular Hbond substituents is 1. The van der Waals surface area contributed by atoms with E-state index >= 15 is 0 Å². The highest BCUT2D eigenvalue weighted by molar-refractivity contribution is 5.90. The third-order valence-corrected chi connectivity index (χ3v) is 2.75. The van der Waals surface area contributed by atoms with Gasteiger partial charge in [-0.25, -0.2) is 0 Å². The molecule has 0 fully saturated rings. The molecule has 0 unspecified atom stereocenters. The molecule has 0 saturated heterocycles. The Morgan fingerprint density at radius 3 is 2.40 bits per heavy atom. The molecular weight excluding hydrogens is 256 g/mol. The van der Waals surface area contributed by atoms with Crippen molar-refractivity contribution in [3.63, 3.8) is 0 Å². The van der Waals surface area contributed by atoms with Crippen LogP contribution in [0.25, 0.3) is 11.6 Å². The van der Waals surface area contributed by atoms with Crippen LogP contribution < -0.4 is 0 Å². The number of hydrogen-bond donors (Lipinski definition) is 1. The minimum atomic E-state index is -0.497. The maximum absolute atomic E-state index is 10.6. The van der Waals surface area contributed by atoms with Gasteiger partial charge in [0.1, 0.15) is 5.75 Å². The van der Waals surface area contributed by atoms with Crippen LogP contribution in [0.15, 0.2) is 48.5 Å². The largest absolute Gasteiger partial charge is 0.507 e. The Morgan fingerprint density at radius 2 is 1.85 bits per heavy atom. The number of aromatic hydroxyl groups is 1. The van der Waals surface area contributed by atoms with Crippen molar-refractivity contribution in [1.29, 1.82) is 5.26 Å². The number of hydrogen-bond acceptors (Lipinski definition) is 4. The zero-order valence-corrected chi connectivity index (χ0v) is 10.4. The van der Waals surface area contributed by atoms with Crippen molar-refractivity contribution in [1.82, 2.24) is 0 Å². The van der Waals surface area contributed by atoms with Crippen LogP contribution >= 0.6 is 0 Å². The van der Waals surface area contributed by atoms with Gasteiger partial charge in [-0.15, -0.1) is 0 Å². The molecule has 5 nitrogen and oxygen atoms in total. The van der Waals surface area contributed by atoms with Crippen molar-refractivity contribution >= 4 is 17.3 Å². The first-order valence-corrected chi connectivity index (χ1v) is 5.76. The molecule has 0 aliphatic rings. The second-order valence-corrected chi connectivity index (χ2v) is 4.03. The molecule has 0 bridgehead atoms. The van der Waals surface area contributed by atoms with Crippen molar-refractivity contribution in [2.45, 2.75) is 0 Å². The molecule has 5 heteroatoms. The van der Waals surface area contributed by atoms with Crippen LogP contribution in [0, 0.1) is 21.4 Å². The third kappa shape index (κ3) is 2.82. The highest BCUT2D eigenvalue weighted by Gasteiger charge is 2.07. The molecule has 0 aromatic heterocycles. The fourth-order valence-corrected chi connectivity index (χ4v) is 1.71. The first-order chi connectivity index (χ1) is 9.61. The highest BCUT2D eigenvalue weighted by atomic mass is 16.6. The number of benzene rings is 2. The van der Waals surface area contributed by atoms with E-state index < -0.39 is 4.92 Å². The fraction of sp³-hybridized carbons (Fsp3) is 0. The second-order valence-electron chi connectivity index (χ2n) is 4.03. The molecule has 0 atom stereocenters. The van der Waals surface area contributed by atoms with E-state index in [2.05, 4.69) is 0 Å². The minimum absolute atomic E-state index is 0.0337. The molecule has 2 aromatic rings. The Morgan fingerprint density at radius 1 is 1.20 bits per heavy atom. The number of phenols is 1. The SMILES string of the molecule is N#CC(=Cc1ccccc1O)c1ccc([N+](=O)[O-])cc1. The van der Waals surface area contributed by atoms with Gasteiger partial charge in [0.2, 0.25) is 0 Å². The number of para-hydroxylation sites is 1. The molecule has 0 amide bonds. The number of nitro benzene ring substituents is 1. The molecule has 0 radical (unpaired) electrons. The molecular formula is C15H10N2O3. The van der Waals surface area contributed by atoms with Gasteiger partial charge in [0.25, 0.3) is 5.69 Å². The summed E-state index contributed by atoms with van der Waals surface area (Å²) in [4.78, 5) is 10.1. The molecule has 1 N–H and O–H groups in total. The average molecular weight is 266 g/mol. The summed E-state index contributed by atoms with van der Waals surface area (Å²) < 4.78 is 0. The monoisotopic (exact) mass is 266 g/mol.